The summed E-state index contributed by atoms with van der Waals surface area (Å²) in [5, 5.41) is 1.04. The molecule has 0 amide bonds. The van der Waals surface area contributed by atoms with Gasteiger partial charge >= 0.3 is 0 Å². The van der Waals surface area contributed by atoms with E-state index in [1.54, 1.807) is 18.2 Å². The highest BCUT2D eigenvalue weighted by atomic mass is 32.2. The van der Waals surface area contributed by atoms with Gasteiger partial charge in [0.15, 0.2) is 15.6 Å². The van der Waals surface area contributed by atoms with Gasteiger partial charge < -0.3 is 0 Å². The summed E-state index contributed by atoms with van der Waals surface area (Å²) in [5.74, 6) is -0.135. The van der Waals surface area contributed by atoms with Gasteiger partial charge in [-0.05, 0) is 35.7 Å². The van der Waals surface area contributed by atoms with Crippen molar-refractivity contribution in [1.82, 2.24) is 0 Å². The van der Waals surface area contributed by atoms with Crippen LogP contribution in [0.1, 0.15) is 25.7 Å². The van der Waals surface area contributed by atoms with Crippen LogP contribution in [0.15, 0.2) is 47.4 Å². The lowest BCUT2D eigenvalue weighted by molar-refractivity contribution is -0.119. The van der Waals surface area contributed by atoms with Crippen molar-refractivity contribution in [2.24, 2.45) is 0 Å². The molecule has 1 aliphatic carbocycles. The number of carbonyl (C=O) groups is 1. The standard InChI is InChI=1S/C16H16O3S/c17-15-7-3-4-8-16(15)20(18,19)14-10-9-12-5-1-2-6-13(12)11-14/h1-2,5-6,9-11,16H,3-4,7-8H2/t16-/m0/s1. The Morgan fingerprint density at radius 2 is 1.70 bits per heavy atom. The molecule has 1 atom stereocenters. The molecule has 1 aliphatic rings. The van der Waals surface area contributed by atoms with Gasteiger partial charge in [-0.1, -0.05) is 36.8 Å². The van der Waals surface area contributed by atoms with Crippen molar-refractivity contribution < 1.29 is 13.2 Å². The molecule has 104 valence electrons. The first kappa shape index (κ1) is 13.3. The number of hydrogen-bond donors (Lipinski definition) is 0. The number of hydrogen-bond acceptors (Lipinski definition) is 3. The Morgan fingerprint density at radius 3 is 2.45 bits per heavy atom. The number of rotatable bonds is 2. The Balaban J connectivity index is 2.06. The Hall–Kier alpha value is -1.68. The molecule has 0 spiro atoms. The molecular weight excluding hydrogens is 272 g/mol. The minimum absolute atomic E-state index is 0.135. The van der Waals surface area contributed by atoms with E-state index >= 15 is 0 Å². The van der Waals surface area contributed by atoms with Gasteiger partial charge in [0.2, 0.25) is 0 Å². The third kappa shape index (κ3) is 2.24. The number of fused-ring (bicyclic) bond motifs is 1. The predicted octanol–water partition coefficient (Wildman–Crippen LogP) is 3.13. The maximum atomic E-state index is 12.6. The van der Waals surface area contributed by atoms with Crippen LogP contribution in [-0.4, -0.2) is 19.5 Å². The molecule has 1 fully saturated rings. The Bertz CT molecular complexity index is 762. The summed E-state index contributed by atoms with van der Waals surface area (Å²) in [7, 11) is -3.55. The molecule has 3 rings (SSSR count). The second-order valence-corrected chi connectivity index (χ2v) is 7.39. The SMILES string of the molecule is O=C1CCCC[C@@H]1S(=O)(=O)c1ccc2ccccc2c1. The summed E-state index contributed by atoms with van der Waals surface area (Å²) in [4.78, 5) is 12.2. The number of carbonyl (C=O) groups excluding carboxylic acids is 1. The van der Waals surface area contributed by atoms with E-state index in [2.05, 4.69) is 0 Å². The van der Waals surface area contributed by atoms with Gasteiger partial charge in [-0.15, -0.1) is 0 Å². The van der Waals surface area contributed by atoms with E-state index < -0.39 is 15.1 Å². The van der Waals surface area contributed by atoms with E-state index in [-0.39, 0.29) is 10.7 Å². The lowest BCUT2D eigenvalue weighted by atomic mass is 9.99. The molecule has 0 N–H and O–H groups in total. The van der Waals surface area contributed by atoms with Crippen LogP contribution >= 0.6 is 0 Å². The Morgan fingerprint density at radius 1 is 0.950 bits per heavy atom. The highest BCUT2D eigenvalue weighted by Crippen LogP contribution is 2.28. The summed E-state index contributed by atoms with van der Waals surface area (Å²) in [6, 6.07) is 12.7. The van der Waals surface area contributed by atoms with Crippen LogP contribution in [0.5, 0.6) is 0 Å². The fourth-order valence-electron chi connectivity index (χ4n) is 2.79. The van der Waals surface area contributed by atoms with Crippen molar-refractivity contribution in [2.45, 2.75) is 35.8 Å². The smallest absolute Gasteiger partial charge is 0.188 e. The van der Waals surface area contributed by atoms with Gasteiger partial charge in [-0.25, -0.2) is 8.42 Å². The topological polar surface area (TPSA) is 51.2 Å². The first-order chi connectivity index (χ1) is 9.59. The average Bonchev–Trinajstić information content (AvgIpc) is 2.47. The van der Waals surface area contributed by atoms with Crippen LogP contribution in [0.2, 0.25) is 0 Å². The van der Waals surface area contributed by atoms with E-state index in [1.165, 1.54) is 0 Å². The highest BCUT2D eigenvalue weighted by Gasteiger charge is 2.35. The predicted molar refractivity (Wildman–Crippen MR) is 78.4 cm³/mol. The van der Waals surface area contributed by atoms with Crippen molar-refractivity contribution >= 4 is 26.4 Å². The van der Waals surface area contributed by atoms with E-state index in [9.17, 15) is 13.2 Å². The fraction of sp³-hybridized carbons (Fsp3) is 0.312. The van der Waals surface area contributed by atoms with Crippen LogP contribution in [0, 0.1) is 0 Å². The summed E-state index contributed by atoms with van der Waals surface area (Å²) < 4.78 is 25.2. The maximum absolute atomic E-state index is 12.6. The zero-order valence-corrected chi connectivity index (χ0v) is 11.9. The fourth-order valence-corrected chi connectivity index (χ4v) is 4.61. The molecule has 0 aromatic heterocycles. The highest BCUT2D eigenvalue weighted by molar-refractivity contribution is 7.92. The van der Waals surface area contributed by atoms with Crippen molar-refractivity contribution in [3.63, 3.8) is 0 Å². The third-order valence-corrected chi connectivity index (χ3v) is 6.08. The monoisotopic (exact) mass is 288 g/mol. The molecule has 20 heavy (non-hydrogen) atoms. The molecule has 0 aliphatic heterocycles. The minimum Gasteiger partial charge on any atom is -0.298 e. The molecule has 0 bridgehead atoms. The molecule has 0 heterocycles. The Kier molecular flexibility index (Phi) is 3.34. The molecule has 1 saturated carbocycles. The second-order valence-electron chi connectivity index (χ2n) is 5.25. The lowest BCUT2D eigenvalue weighted by Gasteiger charge is -2.20. The summed E-state index contributed by atoms with van der Waals surface area (Å²) >= 11 is 0. The van der Waals surface area contributed by atoms with Crippen molar-refractivity contribution in [2.75, 3.05) is 0 Å². The van der Waals surface area contributed by atoms with Gasteiger partial charge in [0, 0.05) is 6.42 Å². The number of benzene rings is 2. The number of ketones is 1. The minimum atomic E-state index is -3.55. The van der Waals surface area contributed by atoms with Crippen molar-refractivity contribution in [3.8, 4) is 0 Å². The molecule has 4 heteroatoms. The first-order valence-corrected chi connectivity index (χ1v) is 8.39. The lowest BCUT2D eigenvalue weighted by Crippen LogP contribution is -2.33. The van der Waals surface area contributed by atoms with E-state index in [4.69, 9.17) is 0 Å². The number of sulfone groups is 1. The van der Waals surface area contributed by atoms with Gasteiger partial charge in [0.25, 0.3) is 0 Å². The normalized spacial score (nSPS) is 20.2. The summed E-state index contributed by atoms with van der Waals surface area (Å²) in [5.41, 5.74) is 0. The van der Waals surface area contributed by atoms with Gasteiger partial charge in [-0.3, -0.25) is 4.79 Å². The second kappa shape index (κ2) is 5.02. The van der Waals surface area contributed by atoms with E-state index in [0.29, 0.717) is 12.8 Å². The molecule has 2 aromatic rings. The van der Waals surface area contributed by atoms with Gasteiger partial charge in [0.05, 0.1) is 4.90 Å². The van der Waals surface area contributed by atoms with Crippen molar-refractivity contribution in [1.29, 1.82) is 0 Å². The summed E-state index contributed by atoms with van der Waals surface area (Å²) in [6.45, 7) is 0. The van der Waals surface area contributed by atoms with Crippen LogP contribution in [0.25, 0.3) is 10.8 Å². The molecule has 0 unspecified atom stereocenters. The average molecular weight is 288 g/mol. The van der Waals surface area contributed by atoms with E-state index in [0.717, 1.165) is 23.6 Å². The molecule has 0 radical (unpaired) electrons. The largest absolute Gasteiger partial charge is 0.298 e. The molecule has 3 nitrogen and oxygen atoms in total. The summed E-state index contributed by atoms with van der Waals surface area (Å²) in [6.07, 6.45) is 2.46. The molecule has 0 saturated heterocycles. The van der Waals surface area contributed by atoms with Crippen LogP contribution in [0.3, 0.4) is 0 Å². The van der Waals surface area contributed by atoms with Crippen LogP contribution in [0.4, 0.5) is 0 Å². The number of Topliss-reactive ketones (excluding diaryl/α,β-unsaturated/α-hetero) is 1. The van der Waals surface area contributed by atoms with Crippen molar-refractivity contribution in [3.05, 3.63) is 42.5 Å². The maximum Gasteiger partial charge on any atom is 0.188 e. The zero-order valence-electron chi connectivity index (χ0n) is 11.1. The molecular formula is C16H16O3S. The van der Waals surface area contributed by atoms with E-state index in [1.807, 2.05) is 24.3 Å². The van der Waals surface area contributed by atoms with Crippen LogP contribution in [-0.2, 0) is 14.6 Å². The zero-order chi connectivity index (χ0) is 14.2. The third-order valence-electron chi connectivity index (χ3n) is 3.92. The van der Waals surface area contributed by atoms with Crippen LogP contribution < -0.4 is 0 Å². The van der Waals surface area contributed by atoms with Gasteiger partial charge in [-0.2, -0.15) is 0 Å². The Labute approximate surface area is 118 Å². The molecule has 2 aromatic carbocycles. The van der Waals surface area contributed by atoms with Gasteiger partial charge in [0.1, 0.15) is 5.25 Å². The first-order valence-electron chi connectivity index (χ1n) is 6.84. The quantitative estimate of drug-likeness (QED) is 0.853.